The maximum atomic E-state index is 12.7. The Bertz CT molecular complexity index is 1010. The molecule has 2 aromatic rings. The van der Waals surface area contributed by atoms with E-state index in [1.807, 2.05) is 0 Å². The molecule has 1 aromatic carbocycles. The molecule has 0 spiro atoms. The predicted octanol–water partition coefficient (Wildman–Crippen LogP) is 3.29. The zero-order valence-electron chi connectivity index (χ0n) is 15.0. The minimum Gasteiger partial charge on any atom is -0.481 e. The number of alkyl halides is 3. The van der Waals surface area contributed by atoms with E-state index in [2.05, 4.69) is 20.5 Å². The van der Waals surface area contributed by atoms with Crippen LogP contribution in [0.2, 0.25) is 0 Å². The molecule has 2 N–H and O–H groups in total. The maximum absolute atomic E-state index is 12.7. The van der Waals surface area contributed by atoms with Crippen LogP contribution in [0.15, 0.2) is 52.7 Å². The average molecular weight is 438 g/mol. The van der Waals surface area contributed by atoms with Gasteiger partial charge in [-0.2, -0.15) is 18.3 Å². The first-order valence-corrected chi connectivity index (χ1v) is 9.21. The van der Waals surface area contributed by atoms with Crippen molar-refractivity contribution in [2.75, 3.05) is 0 Å². The first kappa shape index (κ1) is 21.3. The Hall–Kier alpha value is -3.41. The number of carbonyl (C=O) groups is 2. The zero-order chi connectivity index (χ0) is 21.7. The summed E-state index contributed by atoms with van der Waals surface area (Å²) in [6.07, 6.45) is -3.50. The SMILES string of the molecule is O=C(O)CC1SC(=NN=Cc2ccc(Oc3cccc(C(F)(F)F)n3)cc2)NC1=O. The monoisotopic (exact) mass is 438 g/mol. The number of halogens is 3. The van der Waals surface area contributed by atoms with Crippen LogP contribution in [0.25, 0.3) is 0 Å². The summed E-state index contributed by atoms with van der Waals surface area (Å²) in [5.74, 6) is -1.45. The standard InChI is InChI=1S/C18H13F3N4O4S/c19-18(20,21)13-2-1-3-14(23-13)29-11-6-4-10(5-7-11)9-22-25-17-24-16(28)12(30-17)8-15(26)27/h1-7,9,12H,8H2,(H,26,27)(H,24,25,28). The van der Waals surface area contributed by atoms with Gasteiger partial charge in [-0.1, -0.05) is 17.8 Å². The van der Waals surface area contributed by atoms with Crippen molar-refractivity contribution >= 4 is 35.0 Å². The Kier molecular flexibility index (Phi) is 6.35. The number of carboxylic acid groups (broad SMARTS) is 1. The number of aromatic nitrogens is 1. The third kappa shape index (κ3) is 5.80. The second-order valence-corrected chi connectivity index (χ2v) is 7.06. The van der Waals surface area contributed by atoms with Crippen molar-refractivity contribution in [2.24, 2.45) is 10.2 Å². The number of amides is 1. The number of amidine groups is 1. The van der Waals surface area contributed by atoms with Gasteiger partial charge in [0, 0.05) is 6.07 Å². The molecule has 1 aliphatic heterocycles. The molecule has 0 aliphatic carbocycles. The normalized spacial score (nSPS) is 18.0. The molecule has 0 radical (unpaired) electrons. The molecule has 12 heteroatoms. The molecule has 30 heavy (non-hydrogen) atoms. The van der Waals surface area contributed by atoms with Gasteiger partial charge >= 0.3 is 12.1 Å². The van der Waals surface area contributed by atoms with E-state index in [0.717, 1.165) is 17.8 Å². The van der Waals surface area contributed by atoms with E-state index in [1.54, 1.807) is 12.1 Å². The van der Waals surface area contributed by atoms with Crippen molar-refractivity contribution in [1.82, 2.24) is 10.3 Å². The number of carboxylic acids is 1. The zero-order valence-corrected chi connectivity index (χ0v) is 15.8. The predicted molar refractivity (Wildman–Crippen MR) is 103 cm³/mol. The fraction of sp³-hybridized carbons (Fsp3) is 0.167. The molecule has 1 unspecified atom stereocenters. The van der Waals surface area contributed by atoms with Crippen LogP contribution in [0.4, 0.5) is 13.2 Å². The fourth-order valence-electron chi connectivity index (χ4n) is 2.27. The Balaban J connectivity index is 1.60. The Labute approximate surface area is 171 Å². The number of ether oxygens (including phenoxy) is 1. The van der Waals surface area contributed by atoms with Crippen molar-refractivity contribution in [3.8, 4) is 11.6 Å². The van der Waals surface area contributed by atoms with Gasteiger partial charge in [-0.05, 0) is 35.9 Å². The Morgan fingerprint density at radius 1 is 1.27 bits per heavy atom. The minimum atomic E-state index is -4.56. The lowest BCUT2D eigenvalue weighted by atomic mass is 10.2. The van der Waals surface area contributed by atoms with Crippen LogP contribution in [0.5, 0.6) is 11.6 Å². The summed E-state index contributed by atoms with van der Waals surface area (Å²) in [6, 6.07) is 9.60. The number of hydrogen-bond acceptors (Lipinski definition) is 7. The molecular formula is C18H13F3N4O4S. The molecule has 1 amide bonds. The molecule has 3 rings (SSSR count). The Morgan fingerprint density at radius 2 is 2.00 bits per heavy atom. The molecular weight excluding hydrogens is 425 g/mol. The van der Waals surface area contributed by atoms with E-state index in [9.17, 15) is 22.8 Å². The van der Waals surface area contributed by atoms with E-state index in [4.69, 9.17) is 9.84 Å². The molecule has 1 saturated heterocycles. The molecule has 1 aromatic heterocycles. The van der Waals surface area contributed by atoms with Gasteiger partial charge in [-0.25, -0.2) is 4.98 Å². The van der Waals surface area contributed by atoms with Gasteiger partial charge in [0.05, 0.1) is 12.6 Å². The molecule has 1 aliphatic rings. The number of nitrogens with one attached hydrogen (secondary N) is 1. The number of rotatable bonds is 6. The van der Waals surface area contributed by atoms with E-state index < -0.39 is 29.0 Å². The number of pyridine rings is 1. The Morgan fingerprint density at radius 3 is 2.67 bits per heavy atom. The summed E-state index contributed by atoms with van der Waals surface area (Å²) in [5.41, 5.74) is -0.439. The van der Waals surface area contributed by atoms with Crippen LogP contribution in [-0.2, 0) is 15.8 Å². The fourth-order valence-corrected chi connectivity index (χ4v) is 3.18. The first-order chi connectivity index (χ1) is 14.2. The lowest BCUT2D eigenvalue weighted by molar-refractivity contribution is -0.141. The van der Waals surface area contributed by atoms with Crippen molar-refractivity contribution in [3.63, 3.8) is 0 Å². The van der Waals surface area contributed by atoms with E-state index >= 15 is 0 Å². The number of thioether (sulfide) groups is 1. The number of aliphatic carboxylic acids is 1. The molecule has 1 atom stereocenters. The van der Waals surface area contributed by atoms with Gasteiger partial charge in [0.2, 0.25) is 11.8 Å². The third-order valence-electron chi connectivity index (χ3n) is 3.61. The van der Waals surface area contributed by atoms with Gasteiger partial charge in [0.25, 0.3) is 0 Å². The third-order valence-corrected chi connectivity index (χ3v) is 4.68. The molecule has 1 fully saturated rings. The summed E-state index contributed by atoms with van der Waals surface area (Å²) in [4.78, 5) is 25.7. The molecule has 8 nitrogen and oxygen atoms in total. The summed E-state index contributed by atoms with van der Waals surface area (Å²) in [6.45, 7) is 0. The highest BCUT2D eigenvalue weighted by molar-refractivity contribution is 8.15. The van der Waals surface area contributed by atoms with Gasteiger partial charge in [0.1, 0.15) is 16.7 Å². The molecule has 156 valence electrons. The molecule has 0 bridgehead atoms. The summed E-state index contributed by atoms with van der Waals surface area (Å²) in [7, 11) is 0. The molecule has 0 saturated carbocycles. The van der Waals surface area contributed by atoms with E-state index in [0.29, 0.717) is 5.56 Å². The van der Waals surface area contributed by atoms with Crippen LogP contribution in [-0.4, -0.2) is 38.6 Å². The van der Waals surface area contributed by atoms with Gasteiger partial charge in [0.15, 0.2) is 5.17 Å². The highest BCUT2D eigenvalue weighted by Gasteiger charge is 2.33. The van der Waals surface area contributed by atoms with Crippen LogP contribution >= 0.6 is 11.8 Å². The van der Waals surface area contributed by atoms with Gasteiger partial charge < -0.3 is 15.2 Å². The highest BCUT2D eigenvalue weighted by atomic mass is 32.2. The number of benzene rings is 1. The van der Waals surface area contributed by atoms with Gasteiger partial charge in [-0.15, -0.1) is 5.10 Å². The number of carbonyl (C=O) groups excluding carboxylic acids is 1. The lowest BCUT2D eigenvalue weighted by Gasteiger charge is -2.08. The van der Waals surface area contributed by atoms with E-state index in [-0.39, 0.29) is 23.2 Å². The topological polar surface area (TPSA) is 113 Å². The largest absolute Gasteiger partial charge is 0.481 e. The minimum absolute atomic E-state index is 0.192. The van der Waals surface area contributed by atoms with Crippen molar-refractivity contribution < 1.29 is 32.6 Å². The van der Waals surface area contributed by atoms with Crippen LogP contribution < -0.4 is 10.1 Å². The van der Waals surface area contributed by atoms with Crippen LogP contribution in [0.3, 0.4) is 0 Å². The van der Waals surface area contributed by atoms with Crippen LogP contribution in [0.1, 0.15) is 17.7 Å². The highest BCUT2D eigenvalue weighted by Crippen LogP contribution is 2.29. The smallest absolute Gasteiger partial charge is 0.433 e. The quantitative estimate of drug-likeness (QED) is 0.529. The van der Waals surface area contributed by atoms with E-state index in [1.165, 1.54) is 30.5 Å². The maximum Gasteiger partial charge on any atom is 0.433 e. The number of hydrogen-bond donors (Lipinski definition) is 2. The second kappa shape index (κ2) is 8.95. The van der Waals surface area contributed by atoms with Gasteiger partial charge in [-0.3, -0.25) is 9.59 Å². The molecule has 2 heterocycles. The number of nitrogens with zero attached hydrogens (tertiary/aromatic N) is 3. The van der Waals surface area contributed by atoms with Crippen molar-refractivity contribution in [1.29, 1.82) is 0 Å². The first-order valence-electron chi connectivity index (χ1n) is 8.33. The van der Waals surface area contributed by atoms with Crippen molar-refractivity contribution in [2.45, 2.75) is 17.8 Å². The summed E-state index contributed by atoms with van der Waals surface area (Å²) >= 11 is 0.976. The van der Waals surface area contributed by atoms with Crippen molar-refractivity contribution in [3.05, 3.63) is 53.7 Å². The summed E-state index contributed by atoms with van der Waals surface area (Å²) < 4.78 is 43.4. The second-order valence-electron chi connectivity index (χ2n) is 5.87. The average Bonchev–Trinajstić information content (AvgIpc) is 3.01. The summed E-state index contributed by atoms with van der Waals surface area (Å²) in [5, 5.41) is 18.3. The van der Waals surface area contributed by atoms with Crippen LogP contribution in [0, 0.1) is 0 Å². The lowest BCUT2D eigenvalue weighted by Crippen LogP contribution is -2.26.